The van der Waals surface area contributed by atoms with E-state index in [0.717, 1.165) is 21.5 Å². The molecule has 0 saturated heterocycles. The summed E-state index contributed by atoms with van der Waals surface area (Å²) in [7, 11) is 0. The van der Waals surface area contributed by atoms with Crippen molar-refractivity contribution in [3.05, 3.63) is 65.5 Å². The number of hydrogen-bond donors (Lipinski definition) is 2. The zero-order valence-corrected chi connectivity index (χ0v) is 14.2. The summed E-state index contributed by atoms with van der Waals surface area (Å²) in [6.07, 6.45) is 0. The Morgan fingerprint density at radius 2 is 1.83 bits per heavy atom. The second kappa shape index (κ2) is 6.16. The summed E-state index contributed by atoms with van der Waals surface area (Å²) in [6, 6.07) is 17.6. The van der Waals surface area contributed by atoms with E-state index < -0.39 is 0 Å². The molecular weight excluding hydrogens is 338 g/mol. The number of hydrazine groups is 1. The van der Waals surface area contributed by atoms with E-state index in [4.69, 9.17) is 10.8 Å². The van der Waals surface area contributed by atoms with Gasteiger partial charge in [-0.3, -0.25) is 10.2 Å². The molecule has 3 heterocycles. The van der Waals surface area contributed by atoms with Gasteiger partial charge in [0.25, 0.3) is 5.91 Å². The standard InChI is InChI=1S/C18H13N3OS2/c19-21-18(22)12-10-14(20-13-5-2-1-4-11(12)13)15-7-8-17(24-15)16-6-3-9-23-16/h1-10H,19H2,(H,21,22). The van der Waals surface area contributed by atoms with Crippen molar-refractivity contribution in [1.82, 2.24) is 10.4 Å². The van der Waals surface area contributed by atoms with Crippen molar-refractivity contribution in [2.75, 3.05) is 0 Å². The predicted octanol–water partition coefficient (Wildman–Crippen LogP) is 4.30. The molecule has 3 N–H and O–H groups in total. The molecule has 0 saturated carbocycles. The van der Waals surface area contributed by atoms with E-state index in [1.54, 1.807) is 28.7 Å². The van der Waals surface area contributed by atoms with Crippen LogP contribution in [0.15, 0.2) is 60.0 Å². The molecule has 4 nitrogen and oxygen atoms in total. The molecule has 0 bridgehead atoms. The van der Waals surface area contributed by atoms with Crippen LogP contribution in [0.4, 0.5) is 0 Å². The number of nitrogens with two attached hydrogens (primary N) is 1. The zero-order valence-electron chi connectivity index (χ0n) is 12.5. The van der Waals surface area contributed by atoms with Gasteiger partial charge in [0.05, 0.1) is 21.7 Å². The van der Waals surface area contributed by atoms with Gasteiger partial charge in [-0.25, -0.2) is 10.8 Å². The van der Waals surface area contributed by atoms with E-state index in [1.165, 1.54) is 9.75 Å². The summed E-state index contributed by atoms with van der Waals surface area (Å²) < 4.78 is 0. The molecule has 0 spiro atoms. The fourth-order valence-electron chi connectivity index (χ4n) is 2.59. The summed E-state index contributed by atoms with van der Waals surface area (Å²) in [6.45, 7) is 0. The highest BCUT2D eigenvalue weighted by Crippen LogP contribution is 2.36. The number of fused-ring (bicyclic) bond motifs is 1. The van der Waals surface area contributed by atoms with E-state index in [0.29, 0.717) is 5.56 Å². The van der Waals surface area contributed by atoms with Gasteiger partial charge in [-0.05, 0) is 35.7 Å². The number of amides is 1. The first-order valence-corrected chi connectivity index (χ1v) is 9.00. The lowest BCUT2D eigenvalue weighted by Gasteiger charge is -2.07. The molecule has 4 aromatic rings. The van der Waals surface area contributed by atoms with Crippen LogP contribution in [0.5, 0.6) is 0 Å². The zero-order chi connectivity index (χ0) is 16.5. The summed E-state index contributed by atoms with van der Waals surface area (Å²) in [4.78, 5) is 20.3. The summed E-state index contributed by atoms with van der Waals surface area (Å²) in [5, 5.41) is 2.85. The first-order chi connectivity index (χ1) is 11.8. The highest BCUT2D eigenvalue weighted by Gasteiger charge is 2.14. The van der Waals surface area contributed by atoms with Gasteiger partial charge in [-0.1, -0.05) is 24.3 Å². The van der Waals surface area contributed by atoms with Gasteiger partial charge in [-0.15, -0.1) is 22.7 Å². The predicted molar refractivity (Wildman–Crippen MR) is 100 cm³/mol. The van der Waals surface area contributed by atoms with E-state index >= 15 is 0 Å². The molecule has 0 fully saturated rings. The molecule has 0 aliphatic rings. The van der Waals surface area contributed by atoms with E-state index in [1.807, 2.05) is 36.4 Å². The summed E-state index contributed by atoms with van der Waals surface area (Å²) >= 11 is 3.37. The quantitative estimate of drug-likeness (QED) is 0.329. The molecule has 4 rings (SSSR count). The van der Waals surface area contributed by atoms with Crippen molar-refractivity contribution in [3.8, 4) is 20.3 Å². The molecule has 1 aromatic carbocycles. The lowest BCUT2D eigenvalue weighted by molar-refractivity contribution is 0.0955. The second-order valence-corrected chi connectivity index (χ2v) is 7.22. The van der Waals surface area contributed by atoms with Gasteiger partial charge in [0.15, 0.2) is 0 Å². The monoisotopic (exact) mass is 351 g/mol. The van der Waals surface area contributed by atoms with Crippen LogP contribution in [0.3, 0.4) is 0 Å². The lowest BCUT2D eigenvalue weighted by Crippen LogP contribution is -2.30. The number of nitrogen functional groups attached to an aromatic ring is 1. The Morgan fingerprint density at radius 3 is 2.62 bits per heavy atom. The largest absolute Gasteiger partial charge is 0.290 e. The number of benzene rings is 1. The number of para-hydroxylation sites is 1. The van der Waals surface area contributed by atoms with Gasteiger partial charge < -0.3 is 0 Å². The number of rotatable bonds is 3. The van der Waals surface area contributed by atoms with Crippen molar-refractivity contribution in [2.45, 2.75) is 0 Å². The van der Waals surface area contributed by atoms with Crippen LogP contribution < -0.4 is 11.3 Å². The third-order valence-corrected chi connectivity index (χ3v) is 5.89. The average molecular weight is 351 g/mol. The van der Waals surface area contributed by atoms with Crippen molar-refractivity contribution < 1.29 is 4.79 Å². The highest BCUT2D eigenvalue weighted by molar-refractivity contribution is 7.23. The Kier molecular flexibility index (Phi) is 3.86. The molecule has 6 heteroatoms. The normalized spacial score (nSPS) is 10.9. The number of pyridine rings is 1. The first-order valence-electron chi connectivity index (χ1n) is 7.31. The van der Waals surface area contributed by atoms with Gasteiger partial charge in [0, 0.05) is 15.1 Å². The minimum atomic E-state index is -0.315. The maximum absolute atomic E-state index is 12.1. The third kappa shape index (κ3) is 2.60. The van der Waals surface area contributed by atoms with E-state index in [2.05, 4.69) is 22.9 Å². The summed E-state index contributed by atoms with van der Waals surface area (Å²) in [5.74, 6) is 5.02. The van der Waals surface area contributed by atoms with Gasteiger partial charge >= 0.3 is 0 Å². The highest BCUT2D eigenvalue weighted by atomic mass is 32.1. The number of aromatic nitrogens is 1. The fraction of sp³-hybridized carbons (Fsp3) is 0. The minimum Gasteiger partial charge on any atom is -0.290 e. The molecule has 24 heavy (non-hydrogen) atoms. The van der Waals surface area contributed by atoms with Crippen molar-refractivity contribution in [1.29, 1.82) is 0 Å². The van der Waals surface area contributed by atoms with Crippen LogP contribution in [0.25, 0.3) is 31.2 Å². The van der Waals surface area contributed by atoms with Crippen LogP contribution in [0.2, 0.25) is 0 Å². The van der Waals surface area contributed by atoms with Crippen LogP contribution in [-0.4, -0.2) is 10.9 Å². The molecule has 1 amide bonds. The van der Waals surface area contributed by atoms with E-state index in [-0.39, 0.29) is 5.91 Å². The SMILES string of the molecule is NNC(=O)c1cc(-c2ccc(-c3cccs3)s2)nc2ccccc12. The smallest absolute Gasteiger partial charge is 0.265 e. The molecule has 0 aliphatic carbocycles. The molecule has 0 aliphatic heterocycles. The Morgan fingerprint density at radius 1 is 1.00 bits per heavy atom. The lowest BCUT2D eigenvalue weighted by atomic mass is 10.1. The van der Waals surface area contributed by atoms with Crippen LogP contribution in [0.1, 0.15) is 10.4 Å². The molecule has 0 unspecified atom stereocenters. The van der Waals surface area contributed by atoms with E-state index in [9.17, 15) is 4.79 Å². The number of carbonyl (C=O) groups is 1. The second-order valence-electron chi connectivity index (χ2n) is 5.19. The number of thiophene rings is 2. The van der Waals surface area contributed by atoms with Crippen molar-refractivity contribution in [2.24, 2.45) is 5.84 Å². The Bertz CT molecular complexity index is 1020. The number of nitrogens with one attached hydrogen (secondary N) is 1. The maximum atomic E-state index is 12.1. The van der Waals surface area contributed by atoms with Crippen LogP contribution in [-0.2, 0) is 0 Å². The average Bonchev–Trinajstić information content (AvgIpc) is 3.31. The maximum Gasteiger partial charge on any atom is 0.265 e. The molecular formula is C18H13N3OS2. The topological polar surface area (TPSA) is 68.0 Å². The van der Waals surface area contributed by atoms with Gasteiger partial charge in [0.2, 0.25) is 0 Å². The number of carbonyl (C=O) groups excluding carboxylic acids is 1. The Labute approximate surface area is 146 Å². The number of hydrogen-bond acceptors (Lipinski definition) is 5. The first kappa shape index (κ1) is 15.0. The van der Waals surface area contributed by atoms with Gasteiger partial charge in [-0.2, -0.15) is 0 Å². The van der Waals surface area contributed by atoms with Crippen molar-refractivity contribution in [3.63, 3.8) is 0 Å². The molecule has 0 radical (unpaired) electrons. The fourth-order valence-corrected chi connectivity index (χ4v) is 4.40. The molecule has 118 valence electrons. The Hall–Kier alpha value is -2.54. The molecule has 3 aromatic heterocycles. The third-order valence-electron chi connectivity index (χ3n) is 3.71. The van der Waals surface area contributed by atoms with Gasteiger partial charge in [0.1, 0.15) is 0 Å². The summed E-state index contributed by atoms with van der Waals surface area (Å²) in [5.41, 5.74) is 4.31. The molecule has 0 atom stereocenters. The van der Waals surface area contributed by atoms with Crippen LogP contribution >= 0.6 is 22.7 Å². The number of nitrogens with zero attached hydrogens (tertiary/aromatic N) is 1. The minimum absolute atomic E-state index is 0.315. The van der Waals surface area contributed by atoms with Crippen molar-refractivity contribution >= 4 is 39.5 Å². The Balaban J connectivity index is 1.86. The van der Waals surface area contributed by atoms with Crippen LogP contribution in [0, 0.1) is 0 Å².